The van der Waals surface area contributed by atoms with Gasteiger partial charge in [0.05, 0.1) is 17.1 Å². The molecule has 0 aliphatic heterocycles. The number of amides is 2. The standard InChI is InChI=1S/C20H14Cl2F3N3O/c21-17-8-7-14(10-16(17)20(23,24)25)28(19(26)29)11-12-3-5-13(6-4-12)15-2-1-9-27-18(15)22/h1-10H,11H2,(H2,26,29). The quantitative estimate of drug-likeness (QED) is 0.494. The summed E-state index contributed by atoms with van der Waals surface area (Å²) in [5, 5.41) is -0.108. The van der Waals surface area contributed by atoms with Crippen molar-refractivity contribution in [3.63, 3.8) is 0 Å². The van der Waals surface area contributed by atoms with Gasteiger partial charge < -0.3 is 5.73 Å². The first-order chi connectivity index (χ1) is 13.7. The predicted molar refractivity (Wildman–Crippen MR) is 107 cm³/mol. The maximum absolute atomic E-state index is 13.1. The summed E-state index contributed by atoms with van der Waals surface area (Å²) in [6, 6.07) is 12.9. The highest BCUT2D eigenvalue weighted by Crippen LogP contribution is 2.37. The number of rotatable bonds is 4. The van der Waals surface area contributed by atoms with Crippen LogP contribution in [-0.4, -0.2) is 11.0 Å². The van der Waals surface area contributed by atoms with Gasteiger partial charge >= 0.3 is 12.2 Å². The Hall–Kier alpha value is -2.77. The zero-order valence-corrected chi connectivity index (χ0v) is 16.3. The van der Waals surface area contributed by atoms with Crippen LogP contribution in [0.5, 0.6) is 0 Å². The van der Waals surface area contributed by atoms with Crippen LogP contribution in [0.15, 0.2) is 60.8 Å². The van der Waals surface area contributed by atoms with E-state index in [4.69, 9.17) is 28.9 Å². The fourth-order valence-corrected chi connectivity index (χ4v) is 3.22. The minimum atomic E-state index is -4.65. The molecule has 0 aliphatic rings. The highest BCUT2D eigenvalue weighted by Gasteiger charge is 2.34. The van der Waals surface area contributed by atoms with Gasteiger partial charge in [0.1, 0.15) is 5.15 Å². The van der Waals surface area contributed by atoms with E-state index in [1.165, 1.54) is 6.07 Å². The number of carbonyl (C=O) groups excluding carboxylic acids is 1. The molecular weight excluding hydrogens is 426 g/mol. The zero-order chi connectivity index (χ0) is 21.2. The number of nitrogens with two attached hydrogens (primary N) is 1. The Labute approximate surface area is 174 Å². The molecule has 4 nitrogen and oxygen atoms in total. The largest absolute Gasteiger partial charge is 0.417 e. The number of alkyl halides is 3. The normalized spacial score (nSPS) is 11.3. The number of hydrogen-bond acceptors (Lipinski definition) is 2. The third-order valence-corrected chi connectivity index (χ3v) is 4.83. The summed E-state index contributed by atoms with van der Waals surface area (Å²) in [6.45, 7) is -0.0185. The molecule has 1 aromatic heterocycles. The number of benzene rings is 2. The summed E-state index contributed by atoms with van der Waals surface area (Å²) in [5.74, 6) is 0. The first-order valence-corrected chi connectivity index (χ1v) is 9.06. The van der Waals surface area contributed by atoms with Crippen LogP contribution in [-0.2, 0) is 12.7 Å². The second-order valence-electron chi connectivity index (χ2n) is 6.12. The Morgan fingerprint density at radius 1 is 1.07 bits per heavy atom. The van der Waals surface area contributed by atoms with E-state index >= 15 is 0 Å². The third-order valence-electron chi connectivity index (χ3n) is 4.20. The molecule has 2 amide bonds. The highest BCUT2D eigenvalue weighted by molar-refractivity contribution is 6.32. The Bertz CT molecular complexity index is 1040. The Morgan fingerprint density at radius 3 is 2.34 bits per heavy atom. The van der Waals surface area contributed by atoms with Crippen LogP contribution in [0.1, 0.15) is 11.1 Å². The van der Waals surface area contributed by atoms with Crippen LogP contribution in [0.2, 0.25) is 10.2 Å². The second kappa shape index (κ2) is 8.31. The SMILES string of the molecule is NC(=O)N(Cc1ccc(-c2cccnc2Cl)cc1)c1ccc(Cl)c(C(F)(F)F)c1. The number of carbonyl (C=O) groups is 1. The maximum Gasteiger partial charge on any atom is 0.417 e. The van der Waals surface area contributed by atoms with Crippen molar-refractivity contribution in [1.29, 1.82) is 0 Å². The van der Waals surface area contributed by atoms with E-state index in [1.807, 2.05) is 6.07 Å². The van der Waals surface area contributed by atoms with Gasteiger partial charge in [0.15, 0.2) is 0 Å². The minimum Gasteiger partial charge on any atom is -0.351 e. The molecule has 0 fully saturated rings. The number of urea groups is 1. The summed E-state index contributed by atoms with van der Waals surface area (Å²) in [6.07, 6.45) is -3.08. The second-order valence-corrected chi connectivity index (χ2v) is 6.89. The first-order valence-electron chi connectivity index (χ1n) is 8.30. The number of nitrogens with zero attached hydrogens (tertiary/aromatic N) is 2. The summed E-state index contributed by atoms with van der Waals surface area (Å²) in [5.41, 5.74) is 6.57. The van der Waals surface area contributed by atoms with Gasteiger partial charge in [-0.3, -0.25) is 4.90 Å². The summed E-state index contributed by atoms with van der Waals surface area (Å²) in [4.78, 5) is 16.9. The molecule has 0 aliphatic carbocycles. The molecule has 2 aromatic carbocycles. The lowest BCUT2D eigenvalue weighted by Crippen LogP contribution is -2.35. The molecule has 0 saturated carbocycles. The van der Waals surface area contributed by atoms with E-state index in [1.54, 1.807) is 36.5 Å². The fourth-order valence-electron chi connectivity index (χ4n) is 2.77. The van der Waals surface area contributed by atoms with E-state index in [0.717, 1.165) is 28.2 Å². The average molecular weight is 440 g/mol. The molecule has 0 spiro atoms. The summed E-state index contributed by atoms with van der Waals surface area (Å²) in [7, 11) is 0. The average Bonchev–Trinajstić information content (AvgIpc) is 2.66. The molecule has 3 rings (SSSR count). The number of halogens is 5. The Morgan fingerprint density at radius 2 is 1.76 bits per heavy atom. The van der Waals surface area contributed by atoms with Gasteiger partial charge in [-0.2, -0.15) is 13.2 Å². The fraction of sp³-hybridized carbons (Fsp3) is 0.100. The Balaban J connectivity index is 1.89. The van der Waals surface area contributed by atoms with Gasteiger partial charge in [-0.1, -0.05) is 47.5 Å². The van der Waals surface area contributed by atoms with Crippen molar-refractivity contribution < 1.29 is 18.0 Å². The number of aromatic nitrogens is 1. The van der Waals surface area contributed by atoms with Gasteiger partial charge in [-0.25, -0.2) is 9.78 Å². The van der Waals surface area contributed by atoms with Crippen LogP contribution in [0.4, 0.5) is 23.7 Å². The number of primary amides is 1. The molecular formula is C20H14Cl2F3N3O. The lowest BCUT2D eigenvalue weighted by atomic mass is 10.1. The maximum atomic E-state index is 13.1. The number of anilines is 1. The molecule has 0 unspecified atom stereocenters. The third kappa shape index (κ3) is 4.81. The van der Waals surface area contributed by atoms with Crippen molar-refractivity contribution >= 4 is 34.9 Å². The molecule has 29 heavy (non-hydrogen) atoms. The molecule has 9 heteroatoms. The van der Waals surface area contributed by atoms with Gasteiger partial charge in [0, 0.05) is 17.4 Å². The van der Waals surface area contributed by atoms with Crippen molar-refractivity contribution in [3.8, 4) is 11.1 Å². The minimum absolute atomic E-state index is 0.00592. The zero-order valence-electron chi connectivity index (χ0n) is 14.8. The van der Waals surface area contributed by atoms with Crippen LogP contribution in [0, 0.1) is 0 Å². The molecule has 0 atom stereocenters. The molecule has 0 saturated heterocycles. The number of hydrogen-bond donors (Lipinski definition) is 1. The molecule has 3 aromatic rings. The number of pyridine rings is 1. The molecule has 2 N–H and O–H groups in total. The van der Waals surface area contributed by atoms with Gasteiger partial charge in [0.2, 0.25) is 0 Å². The lowest BCUT2D eigenvalue weighted by molar-refractivity contribution is -0.137. The molecule has 1 heterocycles. The lowest BCUT2D eigenvalue weighted by Gasteiger charge is -2.22. The smallest absolute Gasteiger partial charge is 0.351 e. The first kappa shape index (κ1) is 21.0. The van der Waals surface area contributed by atoms with Crippen LogP contribution in [0.3, 0.4) is 0 Å². The van der Waals surface area contributed by atoms with E-state index in [9.17, 15) is 18.0 Å². The Kier molecular flexibility index (Phi) is 6.00. The summed E-state index contributed by atoms with van der Waals surface area (Å²) < 4.78 is 39.4. The molecule has 0 bridgehead atoms. The van der Waals surface area contributed by atoms with E-state index in [2.05, 4.69) is 4.98 Å². The topological polar surface area (TPSA) is 59.2 Å². The van der Waals surface area contributed by atoms with Crippen molar-refractivity contribution in [2.24, 2.45) is 5.73 Å². The monoisotopic (exact) mass is 439 g/mol. The van der Waals surface area contributed by atoms with Crippen molar-refractivity contribution in [2.45, 2.75) is 12.7 Å². The van der Waals surface area contributed by atoms with E-state index < -0.39 is 22.8 Å². The van der Waals surface area contributed by atoms with Crippen molar-refractivity contribution in [1.82, 2.24) is 4.98 Å². The van der Waals surface area contributed by atoms with Crippen molar-refractivity contribution in [3.05, 3.63) is 82.1 Å². The van der Waals surface area contributed by atoms with E-state index in [-0.39, 0.29) is 12.2 Å². The van der Waals surface area contributed by atoms with Gasteiger partial charge in [-0.05, 0) is 41.5 Å². The van der Waals surface area contributed by atoms with E-state index in [0.29, 0.717) is 10.7 Å². The molecule has 0 radical (unpaired) electrons. The summed E-state index contributed by atoms with van der Waals surface area (Å²) >= 11 is 11.7. The van der Waals surface area contributed by atoms with Crippen LogP contribution in [0.25, 0.3) is 11.1 Å². The van der Waals surface area contributed by atoms with Crippen LogP contribution < -0.4 is 10.6 Å². The molecule has 150 valence electrons. The van der Waals surface area contributed by atoms with Crippen LogP contribution >= 0.6 is 23.2 Å². The predicted octanol–water partition coefficient (Wildman–Crippen LogP) is 6.16. The van der Waals surface area contributed by atoms with Crippen molar-refractivity contribution in [2.75, 3.05) is 4.90 Å². The highest BCUT2D eigenvalue weighted by atomic mass is 35.5. The van der Waals surface area contributed by atoms with Gasteiger partial charge in [-0.15, -0.1) is 0 Å². The van der Waals surface area contributed by atoms with Gasteiger partial charge in [0.25, 0.3) is 0 Å².